The van der Waals surface area contributed by atoms with Crippen molar-refractivity contribution in [3.05, 3.63) is 28.2 Å². The number of nitrogens with zero attached hydrogens (tertiary/aromatic N) is 1. The van der Waals surface area contributed by atoms with Crippen molar-refractivity contribution < 1.29 is 4.79 Å². The van der Waals surface area contributed by atoms with E-state index in [2.05, 4.69) is 39.9 Å². The van der Waals surface area contributed by atoms with Gasteiger partial charge in [0.2, 0.25) is 0 Å². The number of benzene rings is 1. The highest BCUT2D eigenvalue weighted by Gasteiger charge is 2.18. The lowest BCUT2D eigenvalue weighted by Gasteiger charge is -2.29. The summed E-state index contributed by atoms with van der Waals surface area (Å²) in [5.74, 6) is 0.109. The van der Waals surface area contributed by atoms with Gasteiger partial charge in [-0.15, -0.1) is 0 Å². The molecule has 2 rings (SSSR count). The van der Waals surface area contributed by atoms with Crippen molar-refractivity contribution in [1.82, 2.24) is 0 Å². The summed E-state index contributed by atoms with van der Waals surface area (Å²) < 4.78 is 0.906. The first-order valence-corrected chi connectivity index (χ1v) is 7.46. The van der Waals surface area contributed by atoms with Crippen molar-refractivity contribution in [3.63, 3.8) is 0 Å². The molecule has 0 aliphatic carbocycles. The lowest BCUT2D eigenvalue weighted by molar-refractivity contribution is 0.101. The molecule has 1 atom stereocenters. The number of anilines is 1. The Morgan fingerprint density at radius 2 is 2.11 bits per heavy atom. The molecule has 0 aromatic heterocycles. The van der Waals surface area contributed by atoms with Crippen LogP contribution in [0.1, 0.15) is 49.9 Å². The lowest BCUT2D eigenvalue weighted by Crippen LogP contribution is -2.32. The van der Waals surface area contributed by atoms with Crippen LogP contribution in [0.15, 0.2) is 22.7 Å². The van der Waals surface area contributed by atoms with Gasteiger partial charge in [0.05, 0.1) is 0 Å². The van der Waals surface area contributed by atoms with Gasteiger partial charge < -0.3 is 4.90 Å². The normalized spacial score (nSPS) is 20.6. The molecule has 0 amide bonds. The molecule has 1 saturated heterocycles. The molecule has 0 spiro atoms. The highest BCUT2D eigenvalue weighted by Crippen LogP contribution is 2.28. The maximum Gasteiger partial charge on any atom is 0.160 e. The van der Waals surface area contributed by atoms with E-state index in [0.29, 0.717) is 6.04 Å². The molecule has 1 fully saturated rings. The van der Waals surface area contributed by atoms with Crippen LogP contribution in [0.2, 0.25) is 0 Å². The van der Waals surface area contributed by atoms with Crippen LogP contribution in [0, 0.1) is 0 Å². The SMILES string of the molecule is CC(=O)c1ccc(N2CCCCCC2C)cc1Br. The van der Waals surface area contributed by atoms with Gasteiger partial charge in [-0.1, -0.05) is 12.8 Å². The fraction of sp³-hybridized carbons (Fsp3) is 0.533. The Morgan fingerprint density at radius 3 is 2.78 bits per heavy atom. The molecule has 0 saturated carbocycles. The van der Waals surface area contributed by atoms with Crippen LogP contribution in [0.5, 0.6) is 0 Å². The third-order valence-electron chi connectivity index (χ3n) is 3.72. The zero-order valence-corrected chi connectivity index (χ0v) is 12.7. The van der Waals surface area contributed by atoms with Crippen LogP contribution in [0.3, 0.4) is 0 Å². The number of ketones is 1. The van der Waals surface area contributed by atoms with Gasteiger partial charge in [0, 0.05) is 28.3 Å². The van der Waals surface area contributed by atoms with Crippen molar-refractivity contribution in [2.75, 3.05) is 11.4 Å². The van der Waals surface area contributed by atoms with E-state index in [4.69, 9.17) is 0 Å². The van der Waals surface area contributed by atoms with Crippen molar-refractivity contribution in [3.8, 4) is 0 Å². The summed E-state index contributed by atoms with van der Waals surface area (Å²) in [4.78, 5) is 13.9. The average Bonchev–Trinajstić information content (AvgIpc) is 2.53. The van der Waals surface area contributed by atoms with Crippen molar-refractivity contribution in [2.45, 2.75) is 45.6 Å². The smallest absolute Gasteiger partial charge is 0.160 e. The van der Waals surface area contributed by atoms with E-state index in [1.54, 1.807) is 6.92 Å². The minimum Gasteiger partial charge on any atom is -0.369 e. The molecule has 1 heterocycles. The number of hydrogen-bond acceptors (Lipinski definition) is 2. The van der Waals surface area contributed by atoms with E-state index in [0.717, 1.165) is 16.6 Å². The van der Waals surface area contributed by atoms with Crippen LogP contribution in [0.4, 0.5) is 5.69 Å². The highest BCUT2D eigenvalue weighted by atomic mass is 79.9. The van der Waals surface area contributed by atoms with Crippen molar-refractivity contribution >= 4 is 27.4 Å². The Kier molecular flexibility index (Phi) is 4.44. The lowest BCUT2D eigenvalue weighted by atomic mass is 10.1. The van der Waals surface area contributed by atoms with Crippen LogP contribution >= 0.6 is 15.9 Å². The Labute approximate surface area is 117 Å². The van der Waals surface area contributed by atoms with Crippen LogP contribution in [-0.2, 0) is 0 Å². The van der Waals surface area contributed by atoms with Gasteiger partial charge in [-0.25, -0.2) is 0 Å². The summed E-state index contributed by atoms with van der Waals surface area (Å²) in [5.41, 5.74) is 1.99. The third kappa shape index (κ3) is 2.94. The molecule has 98 valence electrons. The van der Waals surface area contributed by atoms with E-state index in [1.807, 2.05) is 6.07 Å². The monoisotopic (exact) mass is 309 g/mol. The fourth-order valence-corrected chi connectivity index (χ4v) is 3.27. The molecule has 0 bridgehead atoms. The maximum atomic E-state index is 11.4. The number of hydrogen-bond donors (Lipinski definition) is 0. The van der Waals surface area contributed by atoms with Gasteiger partial charge in [-0.3, -0.25) is 4.79 Å². The first-order chi connectivity index (χ1) is 8.59. The van der Waals surface area contributed by atoms with E-state index in [-0.39, 0.29) is 5.78 Å². The summed E-state index contributed by atoms with van der Waals surface area (Å²) in [6, 6.07) is 6.67. The molecule has 18 heavy (non-hydrogen) atoms. The zero-order valence-electron chi connectivity index (χ0n) is 11.1. The number of halogens is 1. The molecule has 2 nitrogen and oxygen atoms in total. The average molecular weight is 310 g/mol. The topological polar surface area (TPSA) is 20.3 Å². The summed E-state index contributed by atoms with van der Waals surface area (Å²) in [5, 5.41) is 0. The highest BCUT2D eigenvalue weighted by molar-refractivity contribution is 9.10. The Morgan fingerprint density at radius 1 is 1.33 bits per heavy atom. The molecule has 0 N–H and O–H groups in total. The van der Waals surface area contributed by atoms with Crippen molar-refractivity contribution in [1.29, 1.82) is 0 Å². The molecule has 3 heteroatoms. The molecule has 1 aromatic rings. The number of Topliss-reactive ketones (excluding diaryl/α,β-unsaturated/α-hetero) is 1. The number of rotatable bonds is 2. The van der Waals surface area contributed by atoms with Crippen LogP contribution < -0.4 is 4.90 Å². The zero-order chi connectivity index (χ0) is 13.1. The first kappa shape index (κ1) is 13.6. The summed E-state index contributed by atoms with van der Waals surface area (Å²) in [7, 11) is 0. The molecular formula is C15H20BrNO. The second-order valence-corrected chi connectivity index (χ2v) is 5.97. The van der Waals surface area contributed by atoms with Crippen LogP contribution in [0.25, 0.3) is 0 Å². The van der Waals surface area contributed by atoms with Gasteiger partial charge in [-0.2, -0.15) is 0 Å². The summed E-state index contributed by atoms with van der Waals surface area (Å²) in [6.07, 6.45) is 5.17. The molecular weight excluding hydrogens is 290 g/mol. The molecule has 1 aliphatic heterocycles. The number of carbonyl (C=O) groups excluding carboxylic acids is 1. The minimum atomic E-state index is 0.109. The molecule has 0 radical (unpaired) electrons. The number of carbonyl (C=O) groups is 1. The van der Waals surface area contributed by atoms with Gasteiger partial charge in [-0.05, 0) is 60.8 Å². The summed E-state index contributed by atoms with van der Waals surface area (Å²) >= 11 is 3.51. The minimum absolute atomic E-state index is 0.109. The standard InChI is InChI=1S/C15H20BrNO/c1-11-6-4-3-5-9-17(11)13-7-8-14(12(2)18)15(16)10-13/h7-8,10-11H,3-6,9H2,1-2H3. The Hall–Kier alpha value is -0.830. The predicted octanol–water partition coefficient (Wildman–Crippen LogP) is 4.42. The van der Waals surface area contributed by atoms with Gasteiger partial charge in [0.1, 0.15) is 0 Å². The first-order valence-electron chi connectivity index (χ1n) is 6.66. The van der Waals surface area contributed by atoms with Crippen molar-refractivity contribution in [2.24, 2.45) is 0 Å². The fourth-order valence-electron chi connectivity index (χ4n) is 2.63. The molecule has 1 aromatic carbocycles. The van der Waals surface area contributed by atoms with Crippen LogP contribution in [-0.4, -0.2) is 18.4 Å². The summed E-state index contributed by atoms with van der Waals surface area (Å²) in [6.45, 7) is 5.01. The molecule has 1 aliphatic rings. The quantitative estimate of drug-likeness (QED) is 0.754. The van der Waals surface area contributed by atoms with Gasteiger partial charge in [0.25, 0.3) is 0 Å². The van der Waals surface area contributed by atoms with Gasteiger partial charge in [0.15, 0.2) is 5.78 Å². The third-order valence-corrected chi connectivity index (χ3v) is 4.37. The van der Waals surface area contributed by atoms with Gasteiger partial charge >= 0.3 is 0 Å². The Balaban J connectivity index is 2.27. The largest absolute Gasteiger partial charge is 0.369 e. The van der Waals surface area contributed by atoms with E-state index < -0.39 is 0 Å². The second-order valence-electron chi connectivity index (χ2n) is 5.11. The Bertz CT molecular complexity index is 444. The predicted molar refractivity (Wildman–Crippen MR) is 79.4 cm³/mol. The van der Waals surface area contributed by atoms with E-state index in [9.17, 15) is 4.79 Å². The second kappa shape index (κ2) is 5.87. The van der Waals surface area contributed by atoms with E-state index >= 15 is 0 Å². The van der Waals surface area contributed by atoms with E-state index in [1.165, 1.54) is 31.4 Å². The maximum absolute atomic E-state index is 11.4. The molecule has 1 unspecified atom stereocenters.